The molecular weight excluding hydrogens is 325 g/mol. The Morgan fingerprint density at radius 2 is 2.08 bits per heavy atom. The summed E-state index contributed by atoms with van der Waals surface area (Å²) in [6.07, 6.45) is 0.937. The van der Waals surface area contributed by atoms with Crippen molar-refractivity contribution in [3.8, 4) is 5.88 Å². The Bertz CT molecular complexity index is 724. The van der Waals surface area contributed by atoms with Gasteiger partial charge in [-0.25, -0.2) is 9.97 Å². The normalized spacial score (nSPS) is 17.8. The van der Waals surface area contributed by atoms with E-state index in [1.807, 2.05) is 0 Å². The second kappa shape index (κ2) is 6.42. The van der Waals surface area contributed by atoms with Gasteiger partial charge in [-0.05, 0) is 6.07 Å². The molecule has 0 aromatic carbocycles. The minimum Gasteiger partial charge on any atom is -0.472 e. The van der Waals surface area contributed by atoms with Crippen LogP contribution in [-0.2, 0) is 6.18 Å². The van der Waals surface area contributed by atoms with Crippen LogP contribution < -0.4 is 4.74 Å². The first-order chi connectivity index (χ1) is 11.4. The summed E-state index contributed by atoms with van der Waals surface area (Å²) in [6, 6.07) is 1.73. The third-order valence-electron chi connectivity index (χ3n) is 3.56. The number of amides is 1. The van der Waals surface area contributed by atoms with Gasteiger partial charge in [0.1, 0.15) is 11.8 Å². The lowest BCUT2D eigenvalue weighted by Gasteiger charge is -2.16. The number of likely N-dealkylation sites (tertiary alicyclic amines) is 1. The first kappa shape index (κ1) is 16.2. The number of ether oxygens (including phenoxy) is 1. The van der Waals surface area contributed by atoms with Crippen LogP contribution in [0.2, 0.25) is 0 Å². The van der Waals surface area contributed by atoms with Gasteiger partial charge in [-0.1, -0.05) is 0 Å². The van der Waals surface area contributed by atoms with Gasteiger partial charge in [-0.15, -0.1) is 0 Å². The van der Waals surface area contributed by atoms with Gasteiger partial charge < -0.3 is 9.64 Å². The minimum absolute atomic E-state index is 0.108. The maximum atomic E-state index is 12.7. The average molecular weight is 338 g/mol. The minimum atomic E-state index is -4.45. The molecule has 1 aliphatic rings. The van der Waals surface area contributed by atoms with Gasteiger partial charge in [0.05, 0.1) is 18.3 Å². The van der Waals surface area contributed by atoms with E-state index in [9.17, 15) is 18.0 Å². The quantitative estimate of drug-likeness (QED) is 0.858. The van der Waals surface area contributed by atoms with Gasteiger partial charge in [-0.2, -0.15) is 13.2 Å². The topological polar surface area (TPSA) is 68.2 Å². The van der Waals surface area contributed by atoms with E-state index in [1.54, 1.807) is 0 Å². The summed E-state index contributed by atoms with van der Waals surface area (Å²) in [6.45, 7) is 0.687. The summed E-state index contributed by atoms with van der Waals surface area (Å²) >= 11 is 0. The number of nitrogens with zero attached hydrogens (tertiary/aromatic N) is 4. The molecule has 0 aliphatic carbocycles. The molecule has 24 heavy (non-hydrogen) atoms. The molecule has 0 bridgehead atoms. The first-order valence-corrected chi connectivity index (χ1v) is 7.18. The van der Waals surface area contributed by atoms with Crippen LogP contribution in [0.3, 0.4) is 0 Å². The van der Waals surface area contributed by atoms with Crippen LogP contribution >= 0.6 is 0 Å². The Kier molecular flexibility index (Phi) is 4.32. The number of carbonyl (C=O) groups excluding carboxylic acids is 1. The zero-order valence-electron chi connectivity index (χ0n) is 12.4. The predicted molar refractivity (Wildman–Crippen MR) is 76.2 cm³/mol. The van der Waals surface area contributed by atoms with Crippen LogP contribution in [0.15, 0.2) is 36.9 Å². The second-order valence-electron chi connectivity index (χ2n) is 5.25. The van der Waals surface area contributed by atoms with Gasteiger partial charge >= 0.3 is 6.18 Å². The van der Waals surface area contributed by atoms with E-state index in [2.05, 4.69) is 15.0 Å². The molecule has 1 atom stereocenters. The number of rotatable bonds is 3. The van der Waals surface area contributed by atoms with E-state index in [0.29, 0.717) is 13.0 Å². The van der Waals surface area contributed by atoms with Crippen molar-refractivity contribution in [1.82, 2.24) is 19.9 Å². The molecule has 0 unspecified atom stereocenters. The largest absolute Gasteiger partial charge is 0.472 e. The molecule has 0 radical (unpaired) electrons. The van der Waals surface area contributed by atoms with Crippen LogP contribution in [0.5, 0.6) is 5.88 Å². The van der Waals surface area contributed by atoms with Crippen molar-refractivity contribution in [1.29, 1.82) is 0 Å². The van der Waals surface area contributed by atoms with Crippen LogP contribution in [0.1, 0.15) is 22.5 Å². The number of hydrogen-bond donors (Lipinski definition) is 0. The highest BCUT2D eigenvalue weighted by atomic mass is 19.4. The van der Waals surface area contributed by atoms with Crippen molar-refractivity contribution in [3.05, 3.63) is 48.2 Å². The molecule has 2 aromatic heterocycles. The molecule has 126 valence electrons. The van der Waals surface area contributed by atoms with Crippen molar-refractivity contribution in [2.24, 2.45) is 0 Å². The number of alkyl halides is 3. The van der Waals surface area contributed by atoms with Gasteiger partial charge in [0.25, 0.3) is 5.91 Å². The summed E-state index contributed by atoms with van der Waals surface area (Å²) in [5, 5.41) is 0. The lowest BCUT2D eigenvalue weighted by Crippen LogP contribution is -2.31. The molecule has 9 heteroatoms. The number of hydrogen-bond acceptors (Lipinski definition) is 5. The summed E-state index contributed by atoms with van der Waals surface area (Å²) in [7, 11) is 0. The number of carbonyl (C=O) groups is 1. The van der Waals surface area contributed by atoms with E-state index in [4.69, 9.17) is 4.74 Å². The Morgan fingerprint density at radius 1 is 1.25 bits per heavy atom. The molecule has 2 aromatic rings. The molecule has 3 rings (SSSR count). The Labute approximate surface area is 135 Å². The standard InChI is InChI=1S/C15H13F3N4O2/c16-15(17,18)10-1-3-21-13(7-10)24-11-2-6-22(9-11)14(23)12-8-19-4-5-20-12/h1,3-5,7-8,11H,2,6,9H2/t11-/m0/s1. The lowest BCUT2D eigenvalue weighted by atomic mass is 10.2. The molecule has 0 saturated carbocycles. The van der Waals surface area contributed by atoms with E-state index >= 15 is 0 Å². The van der Waals surface area contributed by atoms with Crippen LogP contribution in [0.25, 0.3) is 0 Å². The van der Waals surface area contributed by atoms with Crippen molar-refractivity contribution in [3.63, 3.8) is 0 Å². The SMILES string of the molecule is O=C(c1cnccn1)N1CC[C@H](Oc2cc(C(F)(F)F)ccn2)C1. The van der Waals surface area contributed by atoms with Gasteiger partial charge in [0.2, 0.25) is 5.88 Å². The maximum absolute atomic E-state index is 12.7. The van der Waals surface area contributed by atoms with Gasteiger partial charge in [-0.3, -0.25) is 9.78 Å². The highest BCUT2D eigenvalue weighted by Gasteiger charge is 2.32. The number of pyridine rings is 1. The Hall–Kier alpha value is -2.71. The molecule has 1 fully saturated rings. The maximum Gasteiger partial charge on any atom is 0.416 e. The van der Waals surface area contributed by atoms with Crippen LogP contribution in [0, 0.1) is 0 Å². The monoisotopic (exact) mass is 338 g/mol. The fraction of sp³-hybridized carbons (Fsp3) is 0.333. The van der Waals surface area contributed by atoms with E-state index in [0.717, 1.165) is 18.3 Å². The summed E-state index contributed by atoms with van der Waals surface area (Å²) < 4.78 is 43.6. The van der Waals surface area contributed by atoms with E-state index < -0.39 is 17.8 Å². The van der Waals surface area contributed by atoms with Gasteiger partial charge in [0, 0.05) is 37.6 Å². The third-order valence-corrected chi connectivity index (χ3v) is 3.56. The first-order valence-electron chi connectivity index (χ1n) is 7.18. The smallest absolute Gasteiger partial charge is 0.416 e. The fourth-order valence-corrected chi connectivity index (χ4v) is 2.40. The predicted octanol–water partition coefficient (Wildman–Crippen LogP) is 2.18. The Morgan fingerprint density at radius 3 is 2.79 bits per heavy atom. The fourth-order valence-electron chi connectivity index (χ4n) is 2.40. The second-order valence-corrected chi connectivity index (χ2v) is 5.25. The number of aromatic nitrogens is 3. The molecule has 0 N–H and O–H groups in total. The van der Waals surface area contributed by atoms with Crippen molar-refractivity contribution in [2.45, 2.75) is 18.7 Å². The molecule has 1 amide bonds. The number of halogens is 3. The summed E-state index contributed by atoms with van der Waals surface area (Å²) in [5.41, 5.74) is -0.603. The average Bonchev–Trinajstić information content (AvgIpc) is 3.03. The highest BCUT2D eigenvalue weighted by molar-refractivity contribution is 5.92. The van der Waals surface area contributed by atoms with Crippen molar-refractivity contribution >= 4 is 5.91 Å². The van der Waals surface area contributed by atoms with Crippen LogP contribution in [0.4, 0.5) is 13.2 Å². The zero-order valence-corrected chi connectivity index (χ0v) is 12.4. The van der Waals surface area contributed by atoms with E-state index in [1.165, 1.54) is 23.5 Å². The van der Waals surface area contributed by atoms with Crippen molar-refractivity contribution < 1.29 is 22.7 Å². The summed E-state index contributed by atoms with van der Waals surface area (Å²) in [5.74, 6) is -0.394. The van der Waals surface area contributed by atoms with E-state index in [-0.39, 0.29) is 24.0 Å². The summed E-state index contributed by atoms with van der Waals surface area (Å²) in [4.78, 5) is 25.3. The molecule has 3 heterocycles. The van der Waals surface area contributed by atoms with Crippen molar-refractivity contribution in [2.75, 3.05) is 13.1 Å². The van der Waals surface area contributed by atoms with Gasteiger partial charge in [0.15, 0.2) is 0 Å². The Balaban J connectivity index is 1.64. The molecule has 0 spiro atoms. The highest BCUT2D eigenvalue weighted by Crippen LogP contribution is 2.31. The molecule has 6 nitrogen and oxygen atoms in total. The zero-order chi connectivity index (χ0) is 17.2. The molecule has 1 saturated heterocycles. The van der Waals surface area contributed by atoms with Crippen LogP contribution in [-0.4, -0.2) is 45.0 Å². The lowest BCUT2D eigenvalue weighted by molar-refractivity contribution is -0.137. The molecular formula is C15H13F3N4O2. The third kappa shape index (κ3) is 3.61. The molecule has 1 aliphatic heterocycles.